The molecular weight excluding hydrogens is 374 g/mol. The van der Waals surface area contributed by atoms with Crippen molar-refractivity contribution in [1.82, 2.24) is 0 Å². The Morgan fingerprint density at radius 3 is 2.14 bits per heavy atom. The molecule has 0 atom stereocenters. The first kappa shape index (κ1) is 17.5. The molecule has 5 rings (SSSR count). The lowest BCUT2D eigenvalue weighted by atomic mass is 9.91. The van der Waals surface area contributed by atoms with E-state index in [1.807, 2.05) is 36.4 Å². The molecule has 0 N–H and O–H groups in total. The molecule has 0 amide bonds. The van der Waals surface area contributed by atoms with Gasteiger partial charge >= 0.3 is 0 Å². The largest absolute Gasteiger partial charge is 0.192 e. The maximum atomic E-state index is 9.24. The Bertz CT molecular complexity index is 1430. The van der Waals surface area contributed by atoms with Crippen molar-refractivity contribution in [3.05, 3.63) is 108 Å². The van der Waals surface area contributed by atoms with Crippen molar-refractivity contribution in [2.75, 3.05) is 0 Å². The van der Waals surface area contributed by atoms with Gasteiger partial charge in [-0.05, 0) is 80.2 Å². The van der Waals surface area contributed by atoms with Crippen molar-refractivity contribution < 1.29 is 0 Å². The van der Waals surface area contributed by atoms with Gasteiger partial charge in [0.1, 0.15) is 0 Å². The monoisotopic (exact) mass is 389 g/mol. The van der Waals surface area contributed by atoms with Gasteiger partial charge in [-0.15, -0.1) is 0 Å². The maximum Gasteiger partial charge on any atom is 0.0991 e. The molecule has 0 bridgehead atoms. The summed E-state index contributed by atoms with van der Waals surface area (Å²) in [7, 11) is 0. The molecule has 2 heteroatoms. The van der Waals surface area contributed by atoms with Crippen LogP contribution in [0.2, 0.25) is 5.02 Å². The Kier molecular flexibility index (Phi) is 4.28. The minimum Gasteiger partial charge on any atom is -0.192 e. The molecule has 0 radical (unpaired) electrons. The highest BCUT2D eigenvalue weighted by atomic mass is 35.5. The van der Waals surface area contributed by atoms with E-state index < -0.39 is 0 Å². The van der Waals surface area contributed by atoms with Crippen molar-refractivity contribution in [3.63, 3.8) is 0 Å². The van der Waals surface area contributed by atoms with Crippen LogP contribution in [0.5, 0.6) is 0 Å². The van der Waals surface area contributed by atoms with E-state index >= 15 is 0 Å². The molecule has 0 aliphatic carbocycles. The topological polar surface area (TPSA) is 23.8 Å². The molecule has 5 aromatic rings. The first-order valence-corrected chi connectivity index (χ1v) is 9.83. The van der Waals surface area contributed by atoms with Crippen LogP contribution in [-0.2, 0) is 0 Å². The normalized spacial score (nSPS) is 10.9. The Balaban J connectivity index is 1.79. The Hall–Kier alpha value is -3.60. The highest BCUT2D eigenvalue weighted by Crippen LogP contribution is 2.37. The second-order valence-electron chi connectivity index (χ2n) is 7.11. The van der Waals surface area contributed by atoms with Gasteiger partial charge in [0.05, 0.1) is 11.6 Å². The molecule has 0 aromatic heterocycles. The third-order valence-electron chi connectivity index (χ3n) is 5.30. The van der Waals surface area contributed by atoms with E-state index in [0.717, 1.165) is 22.3 Å². The fourth-order valence-electron chi connectivity index (χ4n) is 3.97. The first-order valence-electron chi connectivity index (χ1n) is 9.45. The number of hydrogen-bond donors (Lipinski definition) is 0. The number of nitriles is 1. The summed E-state index contributed by atoms with van der Waals surface area (Å²) < 4.78 is 0. The number of halogens is 1. The highest BCUT2D eigenvalue weighted by Gasteiger charge is 2.11. The van der Waals surface area contributed by atoms with Crippen LogP contribution in [0.3, 0.4) is 0 Å². The third kappa shape index (κ3) is 3.14. The molecule has 5 aromatic carbocycles. The predicted molar refractivity (Wildman–Crippen MR) is 122 cm³/mol. The summed E-state index contributed by atoms with van der Waals surface area (Å²) >= 11 is 6.53. The average molecular weight is 390 g/mol. The molecule has 0 saturated carbocycles. The lowest BCUT2D eigenvalue weighted by Crippen LogP contribution is -1.87. The molecule has 0 aliphatic rings. The van der Waals surface area contributed by atoms with E-state index in [2.05, 4.69) is 66.7 Å². The van der Waals surface area contributed by atoms with Crippen LogP contribution < -0.4 is 0 Å². The van der Waals surface area contributed by atoms with Crippen molar-refractivity contribution in [1.29, 1.82) is 5.26 Å². The Morgan fingerprint density at radius 1 is 0.586 bits per heavy atom. The van der Waals surface area contributed by atoms with E-state index in [0.29, 0.717) is 10.6 Å². The zero-order valence-electron chi connectivity index (χ0n) is 15.6. The fraction of sp³-hybridized carbons (Fsp3) is 0. The predicted octanol–water partition coefficient (Wildman–Crippen LogP) is 7.85. The van der Waals surface area contributed by atoms with E-state index in [-0.39, 0.29) is 0 Å². The van der Waals surface area contributed by atoms with Crippen LogP contribution in [-0.4, -0.2) is 0 Å². The van der Waals surface area contributed by atoms with Gasteiger partial charge in [0, 0.05) is 5.02 Å². The number of nitrogens with zero attached hydrogens (tertiary/aromatic N) is 1. The SMILES string of the molecule is N#Cc1cccc(-c2cc(Cl)cc(-c3cc4ccccc4c4ccccc34)c2)c1. The van der Waals surface area contributed by atoms with Crippen LogP contribution >= 0.6 is 11.6 Å². The summed E-state index contributed by atoms with van der Waals surface area (Å²) in [5.74, 6) is 0. The first-order chi connectivity index (χ1) is 14.2. The molecule has 0 fully saturated rings. The highest BCUT2D eigenvalue weighted by molar-refractivity contribution is 6.31. The lowest BCUT2D eigenvalue weighted by molar-refractivity contribution is 1.48. The molecule has 0 heterocycles. The van der Waals surface area contributed by atoms with Gasteiger partial charge in [-0.25, -0.2) is 0 Å². The molecule has 0 saturated heterocycles. The van der Waals surface area contributed by atoms with E-state index in [1.54, 1.807) is 0 Å². The summed E-state index contributed by atoms with van der Waals surface area (Å²) in [5.41, 5.74) is 4.84. The van der Waals surface area contributed by atoms with Crippen LogP contribution in [0.1, 0.15) is 5.56 Å². The summed E-state index contributed by atoms with van der Waals surface area (Å²) in [4.78, 5) is 0. The van der Waals surface area contributed by atoms with E-state index in [9.17, 15) is 5.26 Å². The van der Waals surface area contributed by atoms with Crippen LogP contribution in [0.4, 0.5) is 0 Å². The lowest BCUT2D eigenvalue weighted by Gasteiger charge is -2.13. The van der Waals surface area contributed by atoms with Crippen molar-refractivity contribution in [2.45, 2.75) is 0 Å². The van der Waals surface area contributed by atoms with Crippen molar-refractivity contribution in [2.24, 2.45) is 0 Å². The second kappa shape index (κ2) is 7.09. The van der Waals surface area contributed by atoms with Crippen molar-refractivity contribution >= 4 is 33.1 Å². The summed E-state index contributed by atoms with van der Waals surface area (Å²) in [6.07, 6.45) is 0. The molecule has 0 unspecified atom stereocenters. The molecule has 29 heavy (non-hydrogen) atoms. The third-order valence-corrected chi connectivity index (χ3v) is 5.52. The summed E-state index contributed by atoms with van der Waals surface area (Å²) in [6.45, 7) is 0. The minimum atomic E-state index is 0.639. The van der Waals surface area contributed by atoms with Gasteiger partial charge in [0.2, 0.25) is 0 Å². The Labute approximate surface area is 174 Å². The standard InChI is InChI=1S/C27H16ClN/c28-23-14-21(19-8-5-6-18(12-19)17-29)13-22(15-23)27-16-20-7-1-2-9-24(20)25-10-3-4-11-26(25)27/h1-16H. The van der Waals surface area contributed by atoms with Gasteiger partial charge in [-0.3, -0.25) is 0 Å². The molecule has 136 valence electrons. The molecule has 0 aliphatic heterocycles. The van der Waals surface area contributed by atoms with E-state index in [4.69, 9.17) is 11.6 Å². The van der Waals surface area contributed by atoms with Crippen LogP contribution in [0.25, 0.3) is 43.8 Å². The Morgan fingerprint density at radius 2 is 1.31 bits per heavy atom. The molecule has 0 spiro atoms. The number of hydrogen-bond acceptors (Lipinski definition) is 1. The average Bonchev–Trinajstić information content (AvgIpc) is 2.78. The van der Waals surface area contributed by atoms with Gasteiger partial charge in [0.15, 0.2) is 0 Å². The number of benzene rings is 5. The van der Waals surface area contributed by atoms with Crippen molar-refractivity contribution in [3.8, 4) is 28.3 Å². The van der Waals surface area contributed by atoms with Gasteiger partial charge in [-0.1, -0.05) is 72.3 Å². The smallest absolute Gasteiger partial charge is 0.0991 e. The van der Waals surface area contributed by atoms with Gasteiger partial charge < -0.3 is 0 Å². The van der Waals surface area contributed by atoms with Gasteiger partial charge in [-0.2, -0.15) is 5.26 Å². The number of fused-ring (bicyclic) bond motifs is 3. The summed E-state index contributed by atoms with van der Waals surface area (Å²) in [5, 5.41) is 14.8. The quantitative estimate of drug-likeness (QED) is 0.282. The molecular formula is C27H16ClN. The maximum absolute atomic E-state index is 9.24. The summed E-state index contributed by atoms with van der Waals surface area (Å²) in [6, 6.07) is 35.1. The second-order valence-corrected chi connectivity index (χ2v) is 7.55. The minimum absolute atomic E-state index is 0.639. The fourth-order valence-corrected chi connectivity index (χ4v) is 4.21. The van der Waals surface area contributed by atoms with E-state index in [1.165, 1.54) is 21.5 Å². The molecule has 1 nitrogen and oxygen atoms in total. The zero-order valence-corrected chi connectivity index (χ0v) is 16.3. The van der Waals surface area contributed by atoms with Crippen LogP contribution in [0, 0.1) is 11.3 Å². The zero-order chi connectivity index (χ0) is 19.8. The van der Waals surface area contributed by atoms with Gasteiger partial charge in [0.25, 0.3) is 0 Å². The number of rotatable bonds is 2. The van der Waals surface area contributed by atoms with Crippen LogP contribution in [0.15, 0.2) is 97.1 Å².